The highest BCUT2D eigenvalue weighted by molar-refractivity contribution is 7.08. The van der Waals surface area contributed by atoms with Crippen LogP contribution >= 0.6 is 46.3 Å². The second kappa shape index (κ2) is 7.75. The molecule has 0 atom stereocenters. The molecule has 1 nitrogen and oxygen atoms in total. The second-order valence-corrected chi connectivity index (χ2v) is 6.21. The molecule has 1 heterocycles. The van der Waals surface area contributed by atoms with E-state index in [0.717, 1.165) is 13.0 Å². The maximum atomic E-state index is 6.03. The number of rotatable bonds is 7. The first kappa shape index (κ1) is 14.6. The highest BCUT2D eigenvalue weighted by atomic mass is 35.5. The van der Waals surface area contributed by atoms with Gasteiger partial charge in [0.1, 0.15) is 0 Å². The molecule has 0 aliphatic heterocycles. The van der Waals surface area contributed by atoms with Gasteiger partial charge in [-0.3, -0.25) is 0 Å². The van der Waals surface area contributed by atoms with Gasteiger partial charge in [-0.15, -0.1) is 3.96 Å². The van der Waals surface area contributed by atoms with Gasteiger partial charge in [0.05, 0.1) is 0 Å². The first-order valence-electron chi connectivity index (χ1n) is 5.70. The maximum Gasteiger partial charge on any atom is 0.309 e. The number of hydrogen-bond donors (Lipinski definition) is 0. The molecule has 1 aromatic rings. The largest absolute Gasteiger partial charge is 0.309 e. The number of aryl methyl sites for hydroxylation is 1. The van der Waals surface area contributed by atoms with Crippen molar-refractivity contribution < 1.29 is 3.96 Å². The summed E-state index contributed by atoms with van der Waals surface area (Å²) in [5, 5.41) is 1.06. The Morgan fingerprint density at radius 1 is 1.00 bits per heavy atom. The fourth-order valence-electron chi connectivity index (χ4n) is 1.55. The van der Waals surface area contributed by atoms with Crippen molar-refractivity contribution in [1.29, 1.82) is 0 Å². The van der Waals surface area contributed by atoms with Crippen molar-refractivity contribution in [3.8, 4) is 0 Å². The van der Waals surface area contributed by atoms with E-state index in [1.165, 1.54) is 43.6 Å². The number of unbranched alkanes of at least 4 members (excludes halogenated alkanes) is 5. The van der Waals surface area contributed by atoms with E-state index in [1.54, 1.807) is 0 Å². The molecule has 0 fully saturated rings. The summed E-state index contributed by atoms with van der Waals surface area (Å²) in [4.78, 5) is 0. The molecular formula is C11H17Cl3NS+. The summed E-state index contributed by atoms with van der Waals surface area (Å²) in [6, 6.07) is 0. The molecule has 1 aromatic heterocycles. The van der Waals surface area contributed by atoms with Crippen molar-refractivity contribution in [3.63, 3.8) is 0 Å². The zero-order chi connectivity index (χ0) is 12.0. The van der Waals surface area contributed by atoms with Crippen LogP contribution in [-0.4, -0.2) is 0 Å². The van der Waals surface area contributed by atoms with Gasteiger partial charge in [-0.1, -0.05) is 55.8 Å². The van der Waals surface area contributed by atoms with Gasteiger partial charge < -0.3 is 0 Å². The molecular weight excluding hydrogens is 285 g/mol. The zero-order valence-corrected chi connectivity index (χ0v) is 12.5. The van der Waals surface area contributed by atoms with E-state index in [2.05, 4.69) is 6.92 Å². The third kappa shape index (κ3) is 4.40. The van der Waals surface area contributed by atoms with Crippen molar-refractivity contribution in [3.05, 3.63) is 14.5 Å². The first-order chi connectivity index (χ1) is 7.66. The van der Waals surface area contributed by atoms with Gasteiger partial charge in [0.25, 0.3) is 0 Å². The van der Waals surface area contributed by atoms with Crippen molar-refractivity contribution >= 4 is 46.3 Å². The van der Waals surface area contributed by atoms with Crippen LogP contribution in [0.1, 0.15) is 45.4 Å². The molecule has 0 aliphatic rings. The predicted molar refractivity (Wildman–Crippen MR) is 72.9 cm³/mol. The summed E-state index contributed by atoms with van der Waals surface area (Å²) in [6.07, 6.45) is 7.65. The average molecular weight is 302 g/mol. The number of nitrogens with zero attached hydrogens (tertiary/aromatic N) is 1. The molecule has 0 saturated carbocycles. The standard InChI is InChI=1S/C11H17Cl3NS/c1-2-3-4-5-6-7-8-15-10(13)9(12)11(14)16-15/h2-8H2,1H3/q+1. The van der Waals surface area contributed by atoms with Crippen LogP contribution in [-0.2, 0) is 6.54 Å². The van der Waals surface area contributed by atoms with E-state index in [9.17, 15) is 0 Å². The third-order valence-electron chi connectivity index (χ3n) is 2.48. The van der Waals surface area contributed by atoms with Crippen LogP contribution in [0.4, 0.5) is 0 Å². The minimum absolute atomic E-state index is 0.485. The first-order valence-corrected chi connectivity index (χ1v) is 7.61. The maximum absolute atomic E-state index is 6.03. The number of hydrogen-bond acceptors (Lipinski definition) is 1. The van der Waals surface area contributed by atoms with E-state index < -0.39 is 0 Å². The van der Waals surface area contributed by atoms with Crippen LogP contribution in [0.25, 0.3) is 0 Å². The van der Waals surface area contributed by atoms with Crippen LogP contribution in [0.15, 0.2) is 0 Å². The molecule has 0 bridgehead atoms. The third-order valence-corrected chi connectivity index (χ3v) is 4.99. The molecule has 0 unspecified atom stereocenters. The fraction of sp³-hybridized carbons (Fsp3) is 0.727. The molecule has 0 N–H and O–H groups in total. The highest BCUT2D eigenvalue weighted by Crippen LogP contribution is 2.31. The van der Waals surface area contributed by atoms with Gasteiger partial charge in [0.2, 0.25) is 0 Å². The Labute approximate surface area is 116 Å². The van der Waals surface area contributed by atoms with Crippen LogP contribution in [0.2, 0.25) is 14.5 Å². The lowest BCUT2D eigenvalue weighted by Gasteiger charge is -1.97. The molecule has 0 aliphatic carbocycles. The predicted octanol–water partition coefficient (Wildman–Crippen LogP) is 5.36. The highest BCUT2D eigenvalue weighted by Gasteiger charge is 2.21. The number of aromatic nitrogens is 1. The Morgan fingerprint density at radius 2 is 1.62 bits per heavy atom. The van der Waals surface area contributed by atoms with E-state index in [-0.39, 0.29) is 0 Å². The van der Waals surface area contributed by atoms with Crippen LogP contribution in [0.3, 0.4) is 0 Å². The Balaban J connectivity index is 2.24. The van der Waals surface area contributed by atoms with Gasteiger partial charge >= 0.3 is 5.15 Å². The quantitative estimate of drug-likeness (QED) is 0.472. The van der Waals surface area contributed by atoms with Crippen LogP contribution in [0, 0.1) is 0 Å². The zero-order valence-electron chi connectivity index (χ0n) is 9.44. The van der Waals surface area contributed by atoms with E-state index in [0.29, 0.717) is 14.5 Å². The topological polar surface area (TPSA) is 3.88 Å². The van der Waals surface area contributed by atoms with Crippen LogP contribution < -0.4 is 3.96 Å². The second-order valence-electron chi connectivity index (χ2n) is 3.84. The molecule has 0 spiro atoms. The smallest absolute Gasteiger partial charge is 0.121 e. The normalized spacial score (nSPS) is 11.0. The molecule has 1 rings (SSSR count). The van der Waals surface area contributed by atoms with Crippen molar-refractivity contribution in [2.45, 2.75) is 52.0 Å². The van der Waals surface area contributed by atoms with E-state index in [4.69, 9.17) is 34.8 Å². The Morgan fingerprint density at radius 3 is 2.19 bits per heavy atom. The Hall–Kier alpha value is 0.500. The van der Waals surface area contributed by atoms with Gasteiger partial charge in [0, 0.05) is 6.42 Å². The minimum Gasteiger partial charge on any atom is -0.121 e. The molecule has 0 radical (unpaired) electrons. The Kier molecular flexibility index (Phi) is 7.06. The summed E-state index contributed by atoms with van der Waals surface area (Å²) in [7, 11) is 0. The van der Waals surface area contributed by atoms with Gasteiger partial charge in [-0.05, 0) is 18.0 Å². The lowest BCUT2D eigenvalue weighted by atomic mass is 10.1. The summed E-state index contributed by atoms with van der Waals surface area (Å²) in [6.45, 7) is 3.15. The van der Waals surface area contributed by atoms with Crippen LogP contribution in [0.5, 0.6) is 0 Å². The lowest BCUT2D eigenvalue weighted by Crippen LogP contribution is -2.29. The van der Waals surface area contributed by atoms with Crippen molar-refractivity contribution in [2.24, 2.45) is 0 Å². The van der Waals surface area contributed by atoms with E-state index in [1.807, 2.05) is 3.96 Å². The Bertz CT molecular complexity index is 325. The van der Waals surface area contributed by atoms with Crippen molar-refractivity contribution in [2.75, 3.05) is 0 Å². The van der Waals surface area contributed by atoms with E-state index >= 15 is 0 Å². The average Bonchev–Trinajstić information content (AvgIpc) is 2.51. The minimum atomic E-state index is 0.485. The summed E-state index contributed by atoms with van der Waals surface area (Å²) in [5.74, 6) is 0. The van der Waals surface area contributed by atoms with Gasteiger partial charge in [0.15, 0.2) is 27.4 Å². The molecule has 16 heavy (non-hydrogen) atoms. The molecule has 5 heteroatoms. The number of halogens is 3. The van der Waals surface area contributed by atoms with Gasteiger partial charge in [-0.25, -0.2) is 0 Å². The monoisotopic (exact) mass is 300 g/mol. The summed E-state index contributed by atoms with van der Waals surface area (Å²) >= 11 is 19.3. The molecule has 92 valence electrons. The molecule has 0 aromatic carbocycles. The van der Waals surface area contributed by atoms with Gasteiger partial charge in [-0.2, -0.15) is 0 Å². The fourth-order valence-corrected chi connectivity index (χ4v) is 3.29. The molecule has 0 saturated heterocycles. The SMILES string of the molecule is CCCCCCCC[n+]1sc(Cl)c(Cl)c1Cl. The van der Waals surface area contributed by atoms with Crippen molar-refractivity contribution in [1.82, 2.24) is 0 Å². The summed E-state index contributed by atoms with van der Waals surface area (Å²) < 4.78 is 2.55. The lowest BCUT2D eigenvalue weighted by molar-refractivity contribution is -0.627. The summed E-state index contributed by atoms with van der Waals surface area (Å²) in [5.41, 5.74) is 0. The molecule has 0 amide bonds.